The van der Waals surface area contributed by atoms with Crippen molar-refractivity contribution in [2.75, 3.05) is 6.61 Å². The molecule has 0 fully saturated rings. The van der Waals surface area contributed by atoms with Crippen molar-refractivity contribution in [3.8, 4) is 11.5 Å². The van der Waals surface area contributed by atoms with Crippen molar-refractivity contribution >= 4 is 11.0 Å². The number of phenols is 1. The van der Waals surface area contributed by atoms with Crippen LogP contribution in [-0.2, 0) is 0 Å². The lowest BCUT2D eigenvalue weighted by molar-refractivity contribution is 0.318. The summed E-state index contributed by atoms with van der Waals surface area (Å²) in [5, 5.41) is 10.5. The van der Waals surface area contributed by atoms with E-state index in [-0.39, 0.29) is 5.75 Å². The molecule has 0 saturated heterocycles. The Hall–Kier alpha value is -1.64. The molecule has 0 saturated carbocycles. The van der Waals surface area contributed by atoms with Crippen LogP contribution in [0.2, 0.25) is 0 Å². The number of benzene rings is 1. The summed E-state index contributed by atoms with van der Waals surface area (Å²) < 4.78 is 10.5. The van der Waals surface area contributed by atoms with Crippen molar-refractivity contribution in [2.24, 2.45) is 0 Å². The molecule has 74 valence electrons. The number of fused-ring (bicyclic) bond motifs is 1. The predicted octanol–water partition coefficient (Wildman–Crippen LogP) is 2.85. The van der Waals surface area contributed by atoms with Gasteiger partial charge in [-0.15, -0.1) is 0 Å². The Labute approximate surface area is 81.9 Å². The van der Waals surface area contributed by atoms with Crippen LogP contribution in [0.5, 0.6) is 11.5 Å². The van der Waals surface area contributed by atoms with Crippen LogP contribution in [0, 0.1) is 6.92 Å². The van der Waals surface area contributed by atoms with Crippen LogP contribution < -0.4 is 4.74 Å². The normalized spacial score (nSPS) is 10.7. The average Bonchev–Trinajstić information content (AvgIpc) is 2.49. The van der Waals surface area contributed by atoms with Gasteiger partial charge in [-0.2, -0.15) is 0 Å². The van der Waals surface area contributed by atoms with Crippen molar-refractivity contribution in [3.63, 3.8) is 0 Å². The summed E-state index contributed by atoms with van der Waals surface area (Å²) in [6.45, 7) is 4.38. The van der Waals surface area contributed by atoms with Crippen LogP contribution in [0.1, 0.15) is 12.5 Å². The van der Waals surface area contributed by atoms with Crippen LogP contribution in [0.4, 0.5) is 0 Å². The highest BCUT2D eigenvalue weighted by atomic mass is 16.5. The van der Waals surface area contributed by atoms with Gasteiger partial charge >= 0.3 is 0 Å². The molecule has 2 aromatic rings. The van der Waals surface area contributed by atoms with E-state index in [1.165, 1.54) is 0 Å². The molecule has 1 aromatic carbocycles. The molecule has 0 aliphatic carbocycles. The summed E-state index contributed by atoms with van der Waals surface area (Å²) in [6, 6.07) is 3.38. The molecule has 0 amide bonds. The third kappa shape index (κ3) is 1.31. The molecule has 0 aliphatic heterocycles. The Bertz CT molecular complexity index is 457. The third-order valence-electron chi connectivity index (χ3n) is 2.15. The Balaban J connectivity index is 2.61. The van der Waals surface area contributed by atoms with Gasteiger partial charge < -0.3 is 14.3 Å². The van der Waals surface area contributed by atoms with Gasteiger partial charge in [0.1, 0.15) is 5.58 Å². The van der Waals surface area contributed by atoms with Crippen LogP contribution in [0.3, 0.4) is 0 Å². The van der Waals surface area contributed by atoms with E-state index in [9.17, 15) is 5.11 Å². The Morgan fingerprint density at radius 1 is 1.43 bits per heavy atom. The number of furan rings is 1. The van der Waals surface area contributed by atoms with Crippen LogP contribution in [0.15, 0.2) is 22.8 Å². The topological polar surface area (TPSA) is 42.6 Å². The van der Waals surface area contributed by atoms with Gasteiger partial charge in [-0.3, -0.25) is 0 Å². The predicted molar refractivity (Wildman–Crippen MR) is 53.8 cm³/mol. The largest absolute Gasteiger partial charge is 0.504 e. The molecule has 0 aliphatic rings. The van der Waals surface area contributed by atoms with Crippen molar-refractivity contribution in [1.29, 1.82) is 0 Å². The maximum atomic E-state index is 9.56. The van der Waals surface area contributed by atoms with E-state index < -0.39 is 0 Å². The second kappa shape index (κ2) is 3.25. The van der Waals surface area contributed by atoms with E-state index >= 15 is 0 Å². The Morgan fingerprint density at radius 3 is 2.93 bits per heavy atom. The van der Waals surface area contributed by atoms with Crippen molar-refractivity contribution < 1.29 is 14.3 Å². The molecular weight excluding hydrogens is 180 g/mol. The van der Waals surface area contributed by atoms with E-state index in [1.54, 1.807) is 18.4 Å². The third-order valence-corrected chi connectivity index (χ3v) is 2.15. The second-order valence-electron chi connectivity index (χ2n) is 3.17. The number of aryl methyl sites for hydroxylation is 1. The number of hydrogen-bond donors (Lipinski definition) is 1. The van der Waals surface area contributed by atoms with Gasteiger partial charge in [0.2, 0.25) is 0 Å². The van der Waals surface area contributed by atoms with Crippen molar-refractivity contribution in [1.82, 2.24) is 0 Å². The molecule has 1 heterocycles. The summed E-state index contributed by atoms with van der Waals surface area (Å²) >= 11 is 0. The zero-order chi connectivity index (χ0) is 10.1. The first-order valence-electron chi connectivity index (χ1n) is 4.56. The minimum absolute atomic E-state index is 0.119. The summed E-state index contributed by atoms with van der Waals surface area (Å²) in [6.07, 6.45) is 1.67. The molecule has 14 heavy (non-hydrogen) atoms. The van der Waals surface area contributed by atoms with E-state index in [2.05, 4.69) is 0 Å². The molecule has 1 N–H and O–H groups in total. The fraction of sp³-hybridized carbons (Fsp3) is 0.273. The van der Waals surface area contributed by atoms with Crippen molar-refractivity contribution in [3.05, 3.63) is 24.0 Å². The zero-order valence-corrected chi connectivity index (χ0v) is 8.20. The highest BCUT2D eigenvalue weighted by Gasteiger charge is 2.08. The fourth-order valence-corrected chi connectivity index (χ4v) is 1.44. The first-order chi connectivity index (χ1) is 6.72. The lowest BCUT2D eigenvalue weighted by Crippen LogP contribution is -1.91. The monoisotopic (exact) mass is 192 g/mol. The van der Waals surface area contributed by atoms with Gasteiger partial charge in [0, 0.05) is 11.5 Å². The smallest absolute Gasteiger partial charge is 0.161 e. The first kappa shape index (κ1) is 8.94. The molecule has 1 aromatic heterocycles. The molecule has 2 rings (SSSR count). The standard InChI is InChI=1S/C11H12O3/c1-3-13-11-4-8-7(2)6-14-10(8)5-9(11)12/h4-6,12H,3H2,1-2H3. The van der Waals surface area contributed by atoms with Crippen molar-refractivity contribution in [2.45, 2.75) is 13.8 Å². The van der Waals surface area contributed by atoms with E-state index in [0.29, 0.717) is 17.9 Å². The quantitative estimate of drug-likeness (QED) is 0.795. The number of aromatic hydroxyl groups is 1. The number of ether oxygens (including phenoxy) is 1. The van der Waals surface area contributed by atoms with Gasteiger partial charge in [0.25, 0.3) is 0 Å². The highest BCUT2D eigenvalue weighted by molar-refractivity contribution is 5.84. The average molecular weight is 192 g/mol. The molecule has 0 bridgehead atoms. The van der Waals surface area contributed by atoms with Crippen LogP contribution >= 0.6 is 0 Å². The molecule has 0 radical (unpaired) electrons. The Morgan fingerprint density at radius 2 is 2.21 bits per heavy atom. The highest BCUT2D eigenvalue weighted by Crippen LogP contribution is 2.33. The molecule has 3 nitrogen and oxygen atoms in total. The number of rotatable bonds is 2. The maximum Gasteiger partial charge on any atom is 0.161 e. The van der Waals surface area contributed by atoms with Crippen LogP contribution in [0.25, 0.3) is 11.0 Å². The molecular formula is C11H12O3. The van der Waals surface area contributed by atoms with Crippen LogP contribution in [-0.4, -0.2) is 11.7 Å². The molecule has 0 spiro atoms. The summed E-state index contributed by atoms with van der Waals surface area (Å²) in [5.74, 6) is 0.623. The van der Waals surface area contributed by atoms with Gasteiger partial charge in [-0.1, -0.05) is 0 Å². The molecule has 0 unspecified atom stereocenters. The number of hydrogen-bond acceptors (Lipinski definition) is 3. The van der Waals surface area contributed by atoms with E-state index in [1.807, 2.05) is 13.8 Å². The molecule has 0 atom stereocenters. The van der Waals surface area contributed by atoms with E-state index in [4.69, 9.17) is 9.15 Å². The minimum atomic E-state index is 0.119. The van der Waals surface area contributed by atoms with E-state index in [0.717, 1.165) is 10.9 Å². The van der Waals surface area contributed by atoms with Gasteiger partial charge in [-0.05, 0) is 25.5 Å². The molecule has 3 heteroatoms. The maximum absolute atomic E-state index is 9.56. The Kier molecular flexibility index (Phi) is 2.08. The van der Waals surface area contributed by atoms with Gasteiger partial charge in [0.15, 0.2) is 11.5 Å². The summed E-state index contributed by atoms with van der Waals surface area (Å²) in [7, 11) is 0. The van der Waals surface area contributed by atoms with Gasteiger partial charge in [0.05, 0.1) is 12.9 Å². The SMILES string of the molecule is CCOc1cc2c(C)coc2cc1O. The lowest BCUT2D eigenvalue weighted by atomic mass is 10.2. The summed E-state index contributed by atoms with van der Waals surface area (Å²) in [5.41, 5.74) is 1.73. The summed E-state index contributed by atoms with van der Waals surface area (Å²) in [4.78, 5) is 0. The number of phenolic OH excluding ortho intramolecular Hbond substituents is 1. The minimum Gasteiger partial charge on any atom is -0.504 e. The second-order valence-corrected chi connectivity index (χ2v) is 3.17. The first-order valence-corrected chi connectivity index (χ1v) is 4.56. The fourth-order valence-electron chi connectivity index (χ4n) is 1.44. The lowest BCUT2D eigenvalue weighted by Gasteiger charge is -2.05. The zero-order valence-electron chi connectivity index (χ0n) is 8.20. The van der Waals surface area contributed by atoms with Gasteiger partial charge in [-0.25, -0.2) is 0 Å².